The first-order chi connectivity index (χ1) is 13.1. The number of aromatic amines is 1. The first-order valence-corrected chi connectivity index (χ1v) is 8.79. The molecule has 0 radical (unpaired) electrons. The van der Waals surface area contributed by atoms with Crippen LogP contribution in [0.25, 0.3) is 27.7 Å². The van der Waals surface area contributed by atoms with Crippen LogP contribution in [0.1, 0.15) is 16.7 Å². The number of hydrogen-bond acceptors (Lipinski definition) is 2. The Morgan fingerprint density at radius 3 is 2.63 bits per heavy atom. The molecule has 0 aliphatic heterocycles. The summed E-state index contributed by atoms with van der Waals surface area (Å²) in [5.74, 6) is -0.288. The summed E-state index contributed by atoms with van der Waals surface area (Å²) in [7, 11) is 1.71. The van der Waals surface area contributed by atoms with Crippen LogP contribution in [0.4, 0.5) is 10.1 Å². The van der Waals surface area contributed by atoms with Crippen LogP contribution in [0.2, 0.25) is 0 Å². The second-order valence-corrected chi connectivity index (χ2v) is 6.54. The van der Waals surface area contributed by atoms with Crippen molar-refractivity contribution in [3.05, 3.63) is 90.0 Å². The molecule has 0 amide bonds. The lowest BCUT2D eigenvalue weighted by Crippen LogP contribution is -2.00. The Balaban J connectivity index is 1.86. The van der Waals surface area contributed by atoms with Gasteiger partial charge in [-0.15, -0.1) is 0 Å². The van der Waals surface area contributed by atoms with Crippen LogP contribution in [0.15, 0.2) is 67.5 Å². The van der Waals surface area contributed by atoms with Gasteiger partial charge in [-0.2, -0.15) is 0 Å². The maximum atomic E-state index is 15.0. The smallest absolute Gasteiger partial charge is 0.154 e. The van der Waals surface area contributed by atoms with Crippen molar-refractivity contribution in [3.8, 4) is 11.1 Å². The molecule has 0 bridgehead atoms. The standard InChI is InChI=1S/C23H20FN3/c1-14-9-10-20(25-3)22(24)21(14)15(2)19-13-27-23-18(19)11-17(12-26-23)16-7-5-4-6-8-16/h4-13,25H,2H2,1,3H3,(H,26,27). The van der Waals surface area contributed by atoms with E-state index < -0.39 is 0 Å². The largest absolute Gasteiger partial charge is 0.386 e. The lowest BCUT2D eigenvalue weighted by atomic mass is 9.94. The minimum atomic E-state index is -0.288. The summed E-state index contributed by atoms with van der Waals surface area (Å²) in [6, 6.07) is 15.8. The zero-order chi connectivity index (χ0) is 19.0. The highest BCUT2D eigenvalue weighted by molar-refractivity contribution is 5.97. The first-order valence-electron chi connectivity index (χ1n) is 8.79. The topological polar surface area (TPSA) is 40.7 Å². The molecule has 0 saturated carbocycles. The Hall–Kier alpha value is -3.40. The third-order valence-electron chi connectivity index (χ3n) is 4.88. The number of anilines is 1. The quantitative estimate of drug-likeness (QED) is 0.486. The monoisotopic (exact) mass is 357 g/mol. The molecule has 134 valence electrons. The highest BCUT2D eigenvalue weighted by atomic mass is 19.1. The van der Waals surface area contributed by atoms with Gasteiger partial charge in [0.05, 0.1) is 5.69 Å². The molecular weight excluding hydrogens is 337 g/mol. The molecule has 0 unspecified atom stereocenters. The lowest BCUT2D eigenvalue weighted by Gasteiger charge is -2.13. The van der Waals surface area contributed by atoms with Crippen LogP contribution >= 0.6 is 0 Å². The lowest BCUT2D eigenvalue weighted by molar-refractivity contribution is 0.626. The van der Waals surface area contributed by atoms with Gasteiger partial charge in [0.15, 0.2) is 5.82 Å². The number of fused-ring (bicyclic) bond motifs is 1. The molecule has 2 N–H and O–H groups in total. The molecule has 27 heavy (non-hydrogen) atoms. The fourth-order valence-corrected chi connectivity index (χ4v) is 3.41. The molecular formula is C23H20FN3. The number of pyridine rings is 1. The number of halogens is 1. The molecule has 2 aromatic heterocycles. The molecule has 2 heterocycles. The maximum Gasteiger partial charge on any atom is 0.154 e. The summed E-state index contributed by atoms with van der Waals surface area (Å²) in [6.07, 6.45) is 3.69. The first kappa shape index (κ1) is 17.0. The Kier molecular flexibility index (Phi) is 4.24. The van der Waals surface area contributed by atoms with Crippen LogP contribution < -0.4 is 5.32 Å². The predicted molar refractivity (Wildman–Crippen MR) is 110 cm³/mol. The van der Waals surface area contributed by atoms with Gasteiger partial charge in [0.2, 0.25) is 0 Å². The minimum Gasteiger partial charge on any atom is -0.386 e. The average Bonchev–Trinajstić information content (AvgIpc) is 3.12. The van der Waals surface area contributed by atoms with Gasteiger partial charge in [-0.25, -0.2) is 9.37 Å². The van der Waals surface area contributed by atoms with E-state index >= 15 is 0 Å². The molecule has 0 atom stereocenters. The van der Waals surface area contributed by atoms with Gasteiger partial charge in [0.1, 0.15) is 5.65 Å². The number of aryl methyl sites for hydroxylation is 1. The van der Waals surface area contributed by atoms with Crippen LogP contribution in [0, 0.1) is 12.7 Å². The van der Waals surface area contributed by atoms with E-state index in [0.717, 1.165) is 33.3 Å². The summed E-state index contributed by atoms with van der Waals surface area (Å²) >= 11 is 0. The number of nitrogens with zero attached hydrogens (tertiary/aromatic N) is 1. The third kappa shape index (κ3) is 2.89. The summed E-state index contributed by atoms with van der Waals surface area (Å²) in [5, 5.41) is 3.82. The average molecular weight is 357 g/mol. The molecule has 0 aliphatic rings. The Labute approximate surface area is 157 Å². The predicted octanol–water partition coefficient (Wildman–Crippen LogP) is 5.78. The van der Waals surface area contributed by atoms with Crippen molar-refractivity contribution in [3.63, 3.8) is 0 Å². The maximum absolute atomic E-state index is 15.0. The molecule has 0 aliphatic carbocycles. The SMILES string of the molecule is C=C(c1c(C)ccc(NC)c1F)c1c[nH]c2ncc(-c3ccccc3)cc12. The van der Waals surface area contributed by atoms with E-state index in [9.17, 15) is 4.39 Å². The van der Waals surface area contributed by atoms with E-state index in [1.807, 2.05) is 55.7 Å². The van der Waals surface area contributed by atoms with Crippen molar-refractivity contribution in [2.45, 2.75) is 6.92 Å². The van der Waals surface area contributed by atoms with E-state index in [1.165, 1.54) is 0 Å². The Morgan fingerprint density at radius 1 is 1.11 bits per heavy atom. The summed E-state index contributed by atoms with van der Waals surface area (Å²) in [4.78, 5) is 7.71. The van der Waals surface area contributed by atoms with Crippen LogP contribution in [0.5, 0.6) is 0 Å². The van der Waals surface area contributed by atoms with E-state index in [-0.39, 0.29) is 5.82 Å². The molecule has 2 aromatic carbocycles. The van der Waals surface area contributed by atoms with Gasteiger partial charge in [-0.1, -0.05) is 43.0 Å². The van der Waals surface area contributed by atoms with Gasteiger partial charge < -0.3 is 10.3 Å². The third-order valence-corrected chi connectivity index (χ3v) is 4.88. The normalized spacial score (nSPS) is 10.9. The van der Waals surface area contributed by atoms with E-state index in [4.69, 9.17) is 0 Å². The number of nitrogens with one attached hydrogen (secondary N) is 2. The number of aromatic nitrogens is 2. The van der Waals surface area contributed by atoms with Crippen molar-refractivity contribution in [2.75, 3.05) is 12.4 Å². The van der Waals surface area contributed by atoms with E-state index in [0.29, 0.717) is 16.8 Å². The van der Waals surface area contributed by atoms with Crippen molar-refractivity contribution in [2.24, 2.45) is 0 Å². The zero-order valence-corrected chi connectivity index (χ0v) is 15.3. The zero-order valence-electron chi connectivity index (χ0n) is 15.3. The molecule has 3 nitrogen and oxygen atoms in total. The van der Waals surface area contributed by atoms with Gasteiger partial charge in [0, 0.05) is 41.5 Å². The van der Waals surface area contributed by atoms with E-state index in [1.54, 1.807) is 13.1 Å². The van der Waals surface area contributed by atoms with Crippen LogP contribution in [0.3, 0.4) is 0 Å². The number of H-pyrrole nitrogens is 1. The van der Waals surface area contributed by atoms with E-state index in [2.05, 4.69) is 27.9 Å². The highest BCUT2D eigenvalue weighted by Gasteiger charge is 2.18. The van der Waals surface area contributed by atoms with Crippen LogP contribution in [-0.4, -0.2) is 17.0 Å². The number of hydrogen-bond donors (Lipinski definition) is 2. The van der Waals surface area contributed by atoms with Crippen molar-refractivity contribution >= 4 is 22.3 Å². The second kappa shape index (κ2) is 6.72. The van der Waals surface area contributed by atoms with Crippen LogP contribution in [-0.2, 0) is 0 Å². The number of rotatable bonds is 4. The fraction of sp³-hybridized carbons (Fsp3) is 0.0870. The molecule has 4 heteroatoms. The van der Waals surface area contributed by atoms with Gasteiger partial charge in [-0.3, -0.25) is 0 Å². The fourth-order valence-electron chi connectivity index (χ4n) is 3.41. The van der Waals surface area contributed by atoms with Crippen molar-refractivity contribution in [1.82, 2.24) is 9.97 Å². The minimum absolute atomic E-state index is 0.288. The van der Waals surface area contributed by atoms with Crippen molar-refractivity contribution in [1.29, 1.82) is 0 Å². The van der Waals surface area contributed by atoms with Gasteiger partial charge in [-0.05, 0) is 35.8 Å². The summed E-state index contributed by atoms with van der Waals surface area (Å²) < 4.78 is 15.0. The summed E-state index contributed by atoms with van der Waals surface area (Å²) in [6.45, 7) is 6.10. The van der Waals surface area contributed by atoms with Gasteiger partial charge >= 0.3 is 0 Å². The van der Waals surface area contributed by atoms with Crippen molar-refractivity contribution < 1.29 is 4.39 Å². The second-order valence-electron chi connectivity index (χ2n) is 6.54. The van der Waals surface area contributed by atoms with Gasteiger partial charge in [0.25, 0.3) is 0 Å². The molecule has 4 aromatic rings. The molecule has 0 saturated heterocycles. The molecule has 0 spiro atoms. The molecule has 0 fully saturated rings. The molecule has 4 rings (SSSR count). The number of benzene rings is 2. The Morgan fingerprint density at radius 2 is 1.89 bits per heavy atom. The highest BCUT2D eigenvalue weighted by Crippen LogP contribution is 2.35. The Bertz CT molecular complexity index is 1140. The summed E-state index contributed by atoms with van der Waals surface area (Å²) in [5.41, 5.74) is 6.17.